The third-order valence-corrected chi connectivity index (χ3v) is 4.60. The summed E-state index contributed by atoms with van der Waals surface area (Å²) in [7, 11) is 0. The molecule has 0 spiro atoms. The topological polar surface area (TPSA) is 74.8 Å². The van der Waals surface area contributed by atoms with Crippen LogP contribution in [0.2, 0.25) is 0 Å². The number of ether oxygens (including phenoxy) is 1. The standard InChI is InChI=1S/C23H30N4O2/c1-2-24-23(26-15-14-25-22(28)19-12-13-19)27-16-17-29-21-11-7-6-10-20(21)18-8-4-3-5-9-18/h3-11,19H,2,12-17H2,1H3,(H,25,28)(H2,24,26,27). The Morgan fingerprint density at radius 2 is 1.76 bits per heavy atom. The number of carbonyl (C=O) groups is 1. The van der Waals surface area contributed by atoms with E-state index in [9.17, 15) is 4.79 Å². The van der Waals surface area contributed by atoms with Crippen molar-refractivity contribution in [2.75, 3.05) is 32.8 Å². The number of amides is 1. The molecule has 3 N–H and O–H groups in total. The van der Waals surface area contributed by atoms with E-state index in [1.807, 2.05) is 43.3 Å². The van der Waals surface area contributed by atoms with Crippen molar-refractivity contribution in [2.24, 2.45) is 10.9 Å². The summed E-state index contributed by atoms with van der Waals surface area (Å²) in [5, 5.41) is 9.41. The molecule has 1 amide bonds. The van der Waals surface area contributed by atoms with Crippen molar-refractivity contribution in [3.05, 3.63) is 54.6 Å². The van der Waals surface area contributed by atoms with Crippen LogP contribution in [-0.2, 0) is 4.79 Å². The Hall–Kier alpha value is -3.02. The highest BCUT2D eigenvalue weighted by molar-refractivity contribution is 5.81. The predicted octanol–water partition coefficient (Wildman–Crippen LogP) is 2.81. The van der Waals surface area contributed by atoms with Gasteiger partial charge in [-0.3, -0.25) is 9.79 Å². The fraction of sp³-hybridized carbons (Fsp3) is 0.391. The summed E-state index contributed by atoms with van der Waals surface area (Å²) < 4.78 is 6.01. The number of nitrogens with zero attached hydrogens (tertiary/aromatic N) is 1. The third kappa shape index (κ3) is 6.82. The first-order valence-electron chi connectivity index (χ1n) is 10.3. The van der Waals surface area contributed by atoms with Crippen LogP contribution in [0.1, 0.15) is 19.8 Å². The smallest absolute Gasteiger partial charge is 0.223 e. The number of hydrogen-bond donors (Lipinski definition) is 3. The van der Waals surface area contributed by atoms with Crippen LogP contribution in [0.15, 0.2) is 59.6 Å². The lowest BCUT2D eigenvalue weighted by Crippen LogP contribution is -2.40. The van der Waals surface area contributed by atoms with Gasteiger partial charge in [0, 0.05) is 24.6 Å². The molecule has 0 saturated heterocycles. The lowest BCUT2D eigenvalue weighted by molar-refractivity contribution is -0.122. The molecule has 0 heterocycles. The van der Waals surface area contributed by atoms with Crippen LogP contribution in [0.25, 0.3) is 11.1 Å². The van der Waals surface area contributed by atoms with Crippen LogP contribution in [0.3, 0.4) is 0 Å². The Kier molecular flexibility index (Phi) is 7.92. The van der Waals surface area contributed by atoms with E-state index in [2.05, 4.69) is 39.1 Å². The van der Waals surface area contributed by atoms with E-state index in [-0.39, 0.29) is 11.8 Å². The molecule has 1 saturated carbocycles. The molecular weight excluding hydrogens is 364 g/mol. The minimum atomic E-state index is 0.156. The molecule has 2 aromatic carbocycles. The maximum Gasteiger partial charge on any atom is 0.223 e. The van der Waals surface area contributed by atoms with Gasteiger partial charge in [0.15, 0.2) is 5.96 Å². The van der Waals surface area contributed by atoms with E-state index in [0.717, 1.165) is 42.2 Å². The molecule has 154 valence electrons. The summed E-state index contributed by atoms with van der Waals surface area (Å²) in [4.78, 5) is 16.1. The molecule has 0 radical (unpaired) electrons. The van der Waals surface area contributed by atoms with E-state index in [0.29, 0.717) is 26.2 Å². The minimum Gasteiger partial charge on any atom is -0.491 e. The number of rotatable bonds is 10. The maximum absolute atomic E-state index is 11.6. The zero-order valence-corrected chi connectivity index (χ0v) is 17.0. The van der Waals surface area contributed by atoms with Gasteiger partial charge in [-0.2, -0.15) is 0 Å². The molecule has 0 aromatic heterocycles. The number of aliphatic imine (C=N–C) groups is 1. The van der Waals surface area contributed by atoms with Crippen molar-refractivity contribution in [1.82, 2.24) is 16.0 Å². The Labute approximate surface area is 172 Å². The predicted molar refractivity (Wildman–Crippen MR) is 117 cm³/mol. The molecule has 1 fully saturated rings. The van der Waals surface area contributed by atoms with Gasteiger partial charge < -0.3 is 20.7 Å². The molecule has 6 nitrogen and oxygen atoms in total. The van der Waals surface area contributed by atoms with E-state index in [1.165, 1.54) is 0 Å². The van der Waals surface area contributed by atoms with Crippen molar-refractivity contribution in [1.29, 1.82) is 0 Å². The Bertz CT molecular complexity index is 804. The highest BCUT2D eigenvalue weighted by Gasteiger charge is 2.28. The lowest BCUT2D eigenvalue weighted by atomic mass is 10.1. The second kappa shape index (κ2) is 11.1. The highest BCUT2D eigenvalue weighted by atomic mass is 16.5. The quantitative estimate of drug-likeness (QED) is 0.329. The highest BCUT2D eigenvalue weighted by Crippen LogP contribution is 2.29. The van der Waals surface area contributed by atoms with Crippen LogP contribution in [0.4, 0.5) is 0 Å². The molecule has 0 unspecified atom stereocenters. The monoisotopic (exact) mass is 394 g/mol. The van der Waals surface area contributed by atoms with E-state index in [4.69, 9.17) is 4.74 Å². The normalized spacial score (nSPS) is 13.6. The van der Waals surface area contributed by atoms with Gasteiger partial charge in [0.25, 0.3) is 0 Å². The first-order chi connectivity index (χ1) is 14.3. The van der Waals surface area contributed by atoms with Crippen LogP contribution < -0.4 is 20.7 Å². The van der Waals surface area contributed by atoms with Crippen LogP contribution >= 0.6 is 0 Å². The van der Waals surface area contributed by atoms with Crippen LogP contribution in [0.5, 0.6) is 5.75 Å². The second-order valence-corrected chi connectivity index (χ2v) is 6.96. The first-order valence-corrected chi connectivity index (χ1v) is 10.3. The fourth-order valence-electron chi connectivity index (χ4n) is 2.96. The average Bonchev–Trinajstić information content (AvgIpc) is 3.60. The summed E-state index contributed by atoms with van der Waals surface area (Å²) in [6, 6.07) is 18.3. The molecule has 29 heavy (non-hydrogen) atoms. The number of nitrogens with one attached hydrogen (secondary N) is 3. The Balaban J connectivity index is 1.44. The zero-order valence-electron chi connectivity index (χ0n) is 17.0. The van der Waals surface area contributed by atoms with Gasteiger partial charge in [-0.25, -0.2) is 0 Å². The SMILES string of the molecule is CCNC(=NCCNC(=O)C1CC1)NCCOc1ccccc1-c1ccccc1. The summed E-state index contributed by atoms with van der Waals surface area (Å²) in [6.07, 6.45) is 2.04. The van der Waals surface area contributed by atoms with Crippen molar-refractivity contribution >= 4 is 11.9 Å². The van der Waals surface area contributed by atoms with Crippen molar-refractivity contribution < 1.29 is 9.53 Å². The van der Waals surface area contributed by atoms with Gasteiger partial charge >= 0.3 is 0 Å². The molecule has 0 aliphatic heterocycles. The zero-order chi connectivity index (χ0) is 20.3. The first kappa shape index (κ1) is 20.7. The van der Waals surface area contributed by atoms with Gasteiger partial charge in [-0.15, -0.1) is 0 Å². The largest absolute Gasteiger partial charge is 0.491 e. The molecule has 0 atom stereocenters. The van der Waals surface area contributed by atoms with Gasteiger partial charge in [-0.1, -0.05) is 48.5 Å². The molecule has 1 aliphatic rings. The van der Waals surface area contributed by atoms with Crippen LogP contribution in [0, 0.1) is 5.92 Å². The summed E-state index contributed by atoms with van der Waals surface area (Å²) in [5.41, 5.74) is 2.22. The van der Waals surface area contributed by atoms with Crippen LogP contribution in [-0.4, -0.2) is 44.7 Å². The maximum atomic E-state index is 11.6. The van der Waals surface area contributed by atoms with E-state index < -0.39 is 0 Å². The summed E-state index contributed by atoms with van der Waals surface area (Å²) >= 11 is 0. The molecular formula is C23H30N4O2. The summed E-state index contributed by atoms with van der Waals surface area (Å²) in [5.74, 6) is 1.99. The minimum absolute atomic E-state index is 0.156. The molecule has 6 heteroatoms. The lowest BCUT2D eigenvalue weighted by Gasteiger charge is -2.14. The van der Waals surface area contributed by atoms with Gasteiger partial charge in [0.1, 0.15) is 12.4 Å². The Morgan fingerprint density at radius 3 is 2.52 bits per heavy atom. The van der Waals surface area contributed by atoms with E-state index >= 15 is 0 Å². The van der Waals surface area contributed by atoms with Crippen molar-refractivity contribution in [3.63, 3.8) is 0 Å². The van der Waals surface area contributed by atoms with Gasteiger partial charge in [0.2, 0.25) is 5.91 Å². The second-order valence-electron chi connectivity index (χ2n) is 6.96. The van der Waals surface area contributed by atoms with Gasteiger partial charge in [-0.05, 0) is 31.4 Å². The number of benzene rings is 2. The molecule has 3 rings (SSSR count). The number of hydrogen-bond acceptors (Lipinski definition) is 3. The van der Waals surface area contributed by atoms with Crippen molar-refractivity contribution in [2.45, 2.75) is 19.8 Å². The van der Waals surface area contributed by atoms with Gasteiger partial charge in [0.05, 0.1) is 13.1 Å². The third-order valence-electron chi connectivity index (χ3n) is 4.60. The molecule has 0 bridgehead atoms. The van der Waals surface area contributed by atoms with E-state index in [1.54, 1.807) is 0 Å². The van der Waals surface area contributed by atoms with Crippen molar-refractivity contribution in [3.8, 4) is 16.9 Å². The average molecular weight is 395 g/mol. The molecule has 1 aliphatic carbocycles. The fourth-order valence-corrected chi connectivity index (χ4v) is 2.96. The summed E-state index contributed by atoms with van der Waals surface area (Å²) in [6.45, 7) is 5.06. The number of guanidine groups is 1. The molecule has 2 aromatic rings. The number of carbonyl (C=O) groups excluding carboxylic acids is 1. The number of para-hydroxylation sites is 1. The Morgan fingerprint density at radius 1 is 1.00 bits per heavy atom.